The van der Waals surface area contributed by atoms with E-state index in [1.54, 1.807) is 0 Å². The fourth-order valence-corrected chi connectivity index (χ4v) is 8.80. The second-order valence-corrected chi connectivity index (χ2v) is 11.5. The van der Waals surface area contributed by atoms with Crippen molar-refractivity contribution in [3.63, 3.8) is 0 Å². The Morgan fingerprint density at radius 3 is 2.71 bits per heavy atom. The first-order chi connectivity index (χ1) is 14.9. The molecular weight excluding hydrogens is 386 g/mol. The lowest BCUT2D eigenvalue weighted by Gasteiger charge is -2.61. The highest BCUT2D eigenvalue weighted by molar-refractivity contribution is 5.74. The molecule has 0 spiro atoms. The summed E-state index contributed by atoms with van der Waals surface area (Å²) in [6.45, 7) is 6.52. The normalized spacial score (nSPS) is 44.2. The van der Waals surface area contributed by atoms with Crippen LogP contribution in [0.3, 0.4) is 0 Å². The summed E-state index contributed by atoms with van der Waals surface area (Å²) < 4.78 is 11.6. The van der Waals surface area contributed by atoms with E-state index in [2.05, 4.69) is 25.2 Å². The van der Waals surface area contributed by atoms with Crippen LogP contribution in [0.2, 0.25) is 0 Å². The molecule has 0 aromatic carbocycles. The molecule has 0 saturated heterocycles. The predicted octanol–water partition coefficient (Wildman–Crippen LogP) is 5.27. The third-order valence-corrected chi connectivity index (χ3v) is 10.3. The third-order valence-electron chi connectivity index (χ3n) is 10.3. The van der Waals surface area contributed by atoms with Gasteiger partial charge >= 0.3 is 0 Å². The summed E-state index contributed by atoms with van der Waals surface area (Å²) in [6.07, 6.45) is 16.3. The predicted molar refractivity (Wildman–Crippen MR) is 123 cm³/mol. The van der Waals surface area contributed by atoms with Gasteiger partial charge in [0.2, 0.25) is 0 Å². The molecule has 1 aromatic heterocycles. The van der Waals surface area contributed by atoms with Crippen LogP contribution in [-0.4, -0.2) is 25.2 Å². The van der Waals surface area contributed by atoms with E-state index in [-0.39, 0.29) is 5.96 Å². The van der Waals surface area contributed by atoms with Gasteiger partial charge in [0, 0.05) is 6.54 Å². The van der Waals surface area contributed by atoms with Crippen molar-refractivity contribution in [3.8, 4) is 0 Å². The van der Waals surface area contributed by atoms with E-state index in [0.717, 1.165) is 23.7 Å². The van der Waals surface area contributed by atoms with Crippen LogP contribution < -0.4 is 11.1 Å². The van der Waals surface area contributed by atoms with Gasteiger partial charge in [0.25, 0.3) is 0 Å². The smallest absolute Gasteiger partial charge is 0.185 e. The van der Waals surface area contributed by atoms with Crippen LogP contribution in [0.1, 0.15) is 83.1 Å². The average molecular weight is 428 g/mol. The Morgan fingerprint density at radius 1 is 1.13 bits per heavy atom. The highest BCUT2D eigenvalue weighted by atomic mass is 16.5. The molecule has 4 aliphatic carbocycles. The van der Waals surface area contributed by atoms with Crippen molar-refractivity contribution >= 4 is 5.96 Å². The van der Waals surface area contributed by atoms with Gasteiger partial charge in [0.05, 0.1) is 25.2 Å². The van der Waals surface area contributed by atoms with Crippen molar-refractivity contribution < 1.29 is 9.15 Å². The van der Waals surface area contributed by atoms with Crippen LogP contribution in [0.4, 0.5) is 0 Å². The van der Waals surface area contributed by atoms with Crippen LogP contribution in [0.25, 0.3) is 0 Å². The number of nitrogens with one attached hydrogen (secondary N) is 2. The molecule has 4 saturated carbocycles. The highest BCUT2D eigenvalue weighted by Gasteiger charge is 2.60. The zero-order valence-electron chi connectivity index (χ0n) is 19.4. The van der Waals surface area contributed by atoms with Crippen molar-refractivity contribution in [3.05, 3.63) is 24.2 Å². The fraction of sp³-hybridized carbons (Fsp3) is 0.808. The maximum Gasteiger partial charge on any atom is 0.185 e. The molecule has 172 valence electrons. The molecule has 5 nitrogen and oxygen atoms in total. The molecule has 4 fully saturated rings. The van der Waals surface area contributed by atoms with E-state index in [4.69, 9.17) is 20.3 Å². The summed E-state index contributed by atoms with van der Waals surface area (Å²) in [7, 11) is 0. The lowest BCUT2D eigenvalue weighted by Crippen LogP contribution is -2.54. The highest BCUT2D eigenvalue weighted by Crippen LogP contribution is 2.69. The Kier molecular flexibility index (Phi) is 5.60. The average Bonchev–Trinajstić information content (AvgIpc) is 3.38. The van der Waals surface area contributed by atoms with Crippen molar-refractivity contribution in [2.45, 2.75) is 83.7 Å². The Bertz CT molecular complexity index is 780. The van der Waals surface area contributed by atoms with Crippen LogP contribution in [0.15, 0.2) is 23.0 Å². The Labute approximate surface area is 187 Å². The van der Waals surface area contributed by atoms with Crippen LogP contribution in [0, 0.1) is 39.9 Å². The maximum absolute atomic E-state index is 7.27. The largest absolute Gasteiger partial charge is 0.472 e. The minimum atomic E-state index is 0.0318. The molecule has 0 bridgehead atoms. The number of hydrogen-bond donors (Lipinski definition) is 3. The van der Waals surface area contributed by atoms with Crippen molar-refractivity contribution in [2.24, 2.45) is 40.2 Å². The SMILES string of the molecule is C[C@]12CC[C@H](OCCNC(=N)N)C[C@H]1CC[C@H]1[C@H]3CC[C@H](c4ccoc4)[C@@]3(C)CC[C@@H]12. The molecule has 0 unspecified atom stereocenters. The summed E-state index contributed by atoms with van der Waals surface area (Å²) in [5, 5.41) is 10.1. The Hall–Kier alpha value is -1.49. The van der Waals surface area contributed by atoms with Crippen molar-refractivity contribution in [2.75, 3.05) is 13.2 Å². The first-order valence-electron chi connectivity index (χ1n) is 12.6. The van der Waals surface area contributed by atoms with Crippen LogP contribution in [0.5, 0.6) is 0 Å². The summed E-state index contributed by atoms with van der Waals surface area (Å²) in [5.74, 6) is 4.22. The monoisotopic (exact) mass is 427 g/mol. The quantitative estimate of drug-likeness (QED) is 0.339. The Morgan fingerprint density at radius 2 is 1.94 bits per heavy atom. The zero-order valence-corrected chi connectivity index (χ0v) is 19.4. The number of furan rings is 1. The molecule has 1 aromatic rings. The summed E-state index contributed by atoms with van der Waals surface area (Å²) in [4.78, 5) is 0. The van der Waals surface area contributed by atoms with E-state index < -0.39 is 0 Å². The van der Waals surface area contributed by atoms with Crippen molar-refractivity contribution in [1.82, 2.24) is 5.32 Å². The lowest BCUT2D eigenvalue weighted by atomic mass is 9.44. The molecule has 0 radical (unpaired) electrons. The van der Waals surface area contributed by atoms with Gasteiger partial charge in [0.1, 0.15) is 0 Å². The molecular formula is C26H41N3O2. The number of nitrogens with two attached hydrogens (primary N) is 1. The van der Waals surface area contributed by atoms with E-state index in [1.807, 2.05) is 12.5 Å². The number of hydrogen-bond acceptors (Lipinski definition) is 3. The fourth-order valence-electron chi connectivity index (χ4n) is 8.80. The van der Waals surface area contributed by atoms with Gasteiger partial charge in [-0.2, -0.15) is 0 Å². The molecule has 5 heteroatoms. The molecule has 4 N–H and O–H groups in total. The lowest BCUT2D eigenvalue weighted by molar-refractivity contribution is -0.131. The third kappa shape index (κ3) is 3.61. The number of guanidine groups is 1. The Balaban J connectivity index is 1.25. The van der Waals surface area contributed by atoms with Gasteiger partial charge in [-0.1, -0.05) is 13.8 Å². The van der Waals surface area contributed by atoms with Crippen molar-refractivity contribution in [1.29, 1.82) is 5.41 Å². The summed E-state index contributed by atoms with van der Waals surface area (Å²) >= 11 is 0. The first kappa shape index (κ1) is 21.4. The van der Waals surface area contributed by atoms with Gasteiger partial charge in [0.15, 0.2) is 5.96 Å². The van der Waals surface area contributed by atoms with E-state index in [1.165, 1.54) is 63.4 Å². The number of fused-ring (bicyclic) bond motifs is 5. The second-order valence-electron chi connectivity index (χ2n) is 11.5. The number of rotatable bonds is 5. The number of ether oxygens (including phenoxy) is 1. The van der Waals surface area contributed by atoms with Crippen LogP contribution >= 0.6 is 0 Å². The molecule has 31 heavy (non-hydrogen) atoms. The maximum atomic E-state index is 7.27. The molecule has 8 atom stereocenters. The van der Waals surface area contributed by atoms with Gasteiger partial charge < -0.3 is 20.2 Å². The molecule has 0 amide bonds. The molecule has 1 heterocycles. The minimum Gasteiger partial charge on any atom is -0.472 e. The molecule has 4 aliphatic rings. The van der Waals surface area contributed by atoms with Gasteiger partial charge in [-0.15, -0.1) is 0 Å². The second kappa shape index (κ2) is 8.13. The first-order valence-corrected chi connectivity index (χ1v) is 12.6. The minimum absolute atomic E-state index is 0.0318. The molecule has 0 aliphatic heterocycles. The van der Waals surface area contributed by atoms with Gasteiger partial charge in [-0.25, -0.2) is 0 Å². The van der Waals surface area contributed by atoms with Crippen LogP contribution in [-0.2, 0) is 4.74 Å². The van der Waals surface area contributed by atoms with E-state index in [0.29, 0.717) is 36.0 Å². The topological polar surface area (TPSA) is 84.3 Å². The standard InChI is InChI=1S/C26H41N3O2/c1-25-10-7-19(31-14-12-29-24(27)28)15-18(25)3-4-20-22-6-5-21(17-9-13-30-16-17)26(22,2)11-8-23(20)25/h9,13,16,18-23H,3-8,10-12,14-15H2,1-2H3,(H4,27,28,29)/t18-,19+,20+,21-,22-,23+,25+,26-/m1/s1. The van der Waals surface area contributed by atoms with Gasteiger partial charge in [-0.3, -0.25) is 5.41 Å². The summed E-state index contributed by atoms with van der Waals surface area (Å²) in [5.41, 5.74) is 7.77. The van der Waals surface area contributed by atoms with Gasteiger partial charge in [-0.05, 0) is 110 Å². The summed E-state index contributed by atoms with van der Waals surface area (Å²) in [6, 6.07) is 2.22. The zero-order chi connectivity index (χ0) is 21.6. The van der Waals surface area contributed by atoms with E-state index in [9.17, 15) is 0 Å². The molecule has 5 rings (SSSR count). The van der Waals surface area contributed by atoms with E-state index >= 15 is 0 Å².